The SMILES string of the molecule is CC[C@H](C)[C@H](N)C(=O)N[C@H](C(=O)N[C@@H](CCC(=O)O)C(=O)O)[C@@H](C)O. The van der Waals surface area contributed by atoms with Crippen molar-refractivity contribution in [2.45, 2.75) is 64.3 Å². The Kier molecular flexibility index (Phi) is 9.69. The summed E-state index contributed by atoms with van der Waals surface area (Å²) < 4.78 is 0. The third kappa shape index (κ3) is 7.94. The van der Waals surface area contributed by atoms with Gasteiger partial charge in [-0.1, -0.05) is 20.3 Å². The molecule has 0 heterocycles. The van der Waals surface area contributed by atoms with Gasteiger partial charge in [0, 0.05) is 6.42 Å². The van der Waals surface area contributed by atoms with Crippen LogP contribution in [0.15, 0.2) is 0 Å². The van der Waals surface area contributed by atoms with Crippen molar-refractivity contribution in [2.75, 3.05) is 0 Å². The van der Waals surface area contributed by atoms with Crippen LogP contribution >= 0.6 is 0 Å². The zero-order chi connectivity index (χ0) is 19.7. The number of carboxylic acids is 2. The van der Waals surface area contributed by atoms with Gasteiger partial charge >= 0.3 is 11.9 Å². The van der Waals surface area contributed by atoms with E-state index in [1.54, 1.807) is 6.92 Å². The number of nitrogens with one attached hydrogen (secondary N) is 2. The topological polar surface area (TPSA) is 179 Å². The summed E-state index contributed by atoms with van der Waals surface area (Å²) >= 11 is 0. The van der Waals surface area contributed by atoms with E-state index >= 15 is 0 Å². The van der Waals surface area contributed by atoms with Crippen molar-refractivity contribution in [1.29, 1.82) is 0 Å². The van der Waals surface area contributed by atoms with Crippen molar-refractivity contribution < 1.29 is 34.5 Å². The van der Waals surface area contributed by atoms with Crippen molar-refractivity contribution in [3.63, 3.8) is 0 Å². The molecule has 0 rings (SSSR count). The fourth-order valence-electron chi connectivity index (χ4n) is 1.95. The number of carbonyl (C=O) groups excluding carboxylic acids is 2. The molecule has 0 aromatic carbocycles. The number of aliphatic hydroxyl groups excluding tert-OH is 1. The zero-order valence-electron chi connectivity index (χ0n) is 14.6. The predicted molar refractivity (Wildman–Crippen MR) is 87.5 cm³/mol. The summed E-state index contributed by atoms with van der Waals surface area (Å²) in [5.41, 5.74) is 5.77. The minimum atomic E-state index is -1.45. The molecule has 10 nitrogen and oxygen atoms in total. The highest BCUT2D eigenvalue weighted by atomic mass is 16.4. The fraction of sp³-hybridized carbons (Fsp3) is 0.733. The second kappa shape index (κ2) is 10.6. The van der Waals surface area contributed by atoms with Crippen LogP contribution in [0.3, 0.4) is 0 Å². The number of aliphatic hydroxyl groups is 1. The quantitative estimate of drug-likeness (QED) is 0.261. The first-order chi connectivity index (χ1) is 11.5. The third-order valence-corrected chi connectivity index (χ3v) is 3.88. The third-order valence-electron chi connectivity index (χ3n) is 3.88. The Balaban J connectivity index is 5.00. The number of carboxylic acid groups (broad SMARTS) is 2. The van der Waals surface area contributed by atoms with Gasteiger partial charge in [-0.15, -0.1) is 0 Å². The molecule has 0 saturated heterocycles. The van der Waals surface area contributed by atoms with Gasteiger partial charge in [0.05, 0.1) is 12.1 Å². The minimum Gasteiger partial charge on any atom is -0.481 e. The summed E-state index contributed by atoms with van der Waals surface area (Å²) in [5.74, 6) is -4.35. The molecule has 7 N–H and O–H groups in total. The molecular formula is C15H27N3O7. The van der Waals surface area contributed by atoms with Crippen molar-refractivity contribution in [1.82, 2.24) is 10.6 Å². The van der Waals surface area contributed by atoms with Crippen molar-refractivity contribution in [2.24, 2.45) is 11.7 Å². The first kappa shape index (κ1) is 22.8. The number of aliphatic carboxylic acids is 2. The lowest BCUT2D eigenvalue weighted by molar-refractivity contribution is -0.144. The lowest BCUT2D eigenvalue weighted by Gasteiger charge is -2.26. The van der Waals surface area contributed by atoms with Crippen LogP contribution in [0.2, 0.25) is 0 Å². The van der Waals surface area contributed by atoms with Gasteiger partial charge in [0.25, 0.3) is 0 Å². The van der Waals surface area contributed by atoms with Crippen LogP contribution in [0.5, 0.6) is 0 Å². The summed E-state index contributed by atoms with van der Waals surface area (Å²) in [5, 5.41) is 31.8. The van der Waals surface area contributed by atoms with Crippen LogP contribution in [0.1, 0.15) is 40.0 Å². The Morgan fingerprint density at radius 3 is 2.00 bits per heavy atom. The molecule has 0 fully saturated rings. The van der Waals surface area contributed by atoms with Crippen LogP contribution < -0.4 is 16.4 Å². The second-order valence-corrected chi connectivity index (χ2v) is 5.97. The highest BCUT2D eigenvalue weighted by Gasteiger charge is 2.31. The molecule has 0 saturated carbocycles. The van der Waals surface area contributed by atoms with Crippen molar-refractivity contribution in [3.8, 4) is 0 Å². The Morgan fingerprint density at radius 1 is 1.04 bits per heavy atom. The number of carbonyl (C=O) groups is 4. The maximum absolute atomic E-state index is 12.2. The number of amides is 2. The maximum Gasteiger partial charge on any atom is 0.326 e. The van der Waals surface area contributed by atoms with E-state index in [1.165, 1.54) is 6.92 Å². The minimum absolute atomic E-state index is 0.153. The Bertz CT molecular complexity index is 496. The molecule has 10 heteroatoms. The van der Waals surface area contributed by atoms with Gasteiger partial charge in [-0.3, -0.25) is 14.4 Å². The van der Waals surface area contributed by atoms with E-state index in [4.69, 9.17) is 15.9 Å². The molecular weight excluding hydrogens is 334 g/mol. The van der Waals surface area contributed by atoms with Gasteiger partial charge in [-0.05, 0) is 19.3 Å². The molecule has 0 spiro atoms. The lowest BCUT2D eigenvalue weighted by Crippen LogP contribution is -2.58. The standard InChI is InChI=1S/C15H27N3O7/c1-4-7(2)11(16)13(22)18-12(8(3)19)14(23)17-9(15(24)25)5-6-10(20)21/h7-9,11-12,19H,4-6,16H2,1-3H3,(H,17,23)(H,18,22)(H,20,21)(H,24,25)/t7-,8+,9-,11-,12-/m0/s1. The highest BCUT2D eigenvalue weighted by molar-refractivity contribution is 5.92. The molecule has 0 aromatic heterocycles. The largest absolute Gasteiger partial charge is 0.481 e. The van der Waals surface area contributed by atoms with Crippen molar-refractivity contribution in [3.05, 3.63) is 0 Å². The predicted octanol–water partition coefficient (Wildman–Crippen LogP) is -1.34. The summed E-state index contributed by atoms with van der Waals surface area (Å²) in [6.45, 7) is 4.86. The van der Waals surface area contributed by atoms with E-state index in [0.29, 0.717) is 6.42 Å². The van der Waals surface area contributed by atoms with Crippen LogP contribution in [0, 0.1) is 5.92 Å². The molecule has 0 aromatic rings. The Hall–Kier alpha value is -2.20. The van der Waals surface area contributed by atoms with Gasteiger partial charge in [-0.2, -0.15) is 0 Å². The zero-order valence-corrected chi connectivity index (χ0v) is 14.6. The average molecular weight is 361 g/mol. The Labute approximate surface area is 145 Å². The molecule has 2 amide bonds. The smallest absolute Gasteiger partial charge is 0.326 e. The second-order valence-electron chi connectivity index (χ2n) is 5.97. The van der Waals surface area contributed by atoms with E-state index < -0.39 is 54.4 Å². The highest BCUT2D eigenvalue weighted by Crippen LogP contribution is 2.07. The summed E-state index contributed by atoms with van der Waals surface area (Å²) in [6, 6.07) is -3.75. The van der Waals surface area contributed by atoms with E-state index in [0.717, 1.165) is 0 Å². The molecule has 0 aliphatic heterocycles. The van der Waals surface area contributed by atoms with E-state index in [2.05, 4.69) is 10.6 Å². The fourth-order valence-corrected chi connectivity index (χ4v) is 1.95. The van der Waals surface area contributed by atoms with Crippen LogP contribution in [-0.2, 0) is 19.2 Å². The average Bonchev–Trinajstić information content (AvgIpc) is 2.53. The van der Waals surface area contributed by atoms with Gasteiger partial charge < -0.3 is 31.7 Å². The number of hydrogen-bond acceptors (Lipinski definition) is 6. The molecule has 25 heavy (non-hydrogen) atoms. The number of rotatable bonds is 11. The van der Waals surface area contributed by atoms with Gasteiger partial charge in [0.15, 0.2) is 0 Å². The molecule has 0 aliphatic carbocycles. The van der Waals surface area contributed by atoms with E-state index in [-0.39, 0.29) is 12.3 Å². The number of nitrogens with two attached hydrogens (primary N) is 1. The lowest BCUT2D eigenvalue weighted by atomic mass is 9.98. The summed E-state index contributed by atoms with van der Waals surface area (Å²) in [6.07, 6.45) is -1.45. The van der Waals surface area contributed by atoms with E-state index in [1.807, 2.05) is 6.92 Å². The van der Waals surface area contributed by atoms with E-state index in [9.17, 15) is 24.3 Å². The van der Waals surface area contributed by atoms with Gasteiger partial charge in [-0.25, -0.2) is 4.79 Å². The van der Waals surface area contributed by atoms with Crippen molar-refractivity contribution >= 4 is 23.8 Å². The molecule has 0 unspecified atom stereocenters. The monoisotopic (exact) mass is 361 g/mol. The Morgan fingerprint density at radius 2 is 1.60 bits per heavy atom. The first-order valence-electron chi connectivity index (χ1n) is 8.00. The van der Waals surface area contributed by atoms with Crippen LogP contribution in [0.4, 0.5) is 0 Å². The molecule has 0 radical (unpaired) electrons. The normalized spacial score (nSPS) is 16.8. The molecule has 0 bridgehead atoms. The first-order valence-corrected chi connectivity index (χ1v) is 8.00. The molecule has 0 aliphatic rings. The molecule has 5 atom stereocenters. The number of hydrogen-bond donors (Lipinski definition) is 6. The summed E-state index contributed by atoms with van der Waals surface area (Å²) in [7, 11) is 0. The maximum atomic E-state index is 12.2. The van der Waals surface area contributed by atoms with Crippen LogP contribution in [0.25, 0.3) is 0 Å². The van der Waals surface area contributed by atoms with Gasteiger partial charge in [0.2, 0.25) is 11.8 Å². The van der Waals surface area contributed by atoms with Gasteiger partial charge in [0.1, 0.15) is 12.1 Å². The molecule has 144 valence electrons. The summed E-state index contributed by atoms with van der Waals surface area (Å²) in [4.78, 5) is 46.0. The van der Waals surface area contributed by atoms with Crippen LogP contribution in [-0.4, -0.2) is 63.3 Å².